The summed E-state index contributed by atoms with van der Waals surface area (Å²) in [4.78, 5) is 33.4. The Morgan fingerprint density at radius 3 is 2.43 bits per heavy atom. The molecule has 9 heteroatoms. The topological polar surface area (TPSA) is 133 Å². The van der Waals surface area contributed by atoms with E-state index in [1.807, 2.05) is 12.1 Å². The molecule has 1 amide bonds. The first kappa shape index (κ1) is 19.6. The van der Waals surface area contributed by atoms with Gasteiger partial charge in [0, 0.05) is 42.8 Å². The number of hydrogen-bond donors (Lipinski definition) is 4. The van der Waals surface area contributed by atoms with Crippen molar-refractivity contribution < 1.29 is 14.7 Å². The minimum atomic E-state index is -1.06. The monoisotopic (exact) mass is 384 g/mol. The molecule has 0 radical (unpaired) electrons. The van der Waals surface area contributed by atoms with Crippen LogP contribution in [0.4, 0.5) is 11.6 Å². The molecule has 1 unspecified atom stereocenters. The third-order valence-electron chi connectivity index (χ3n) is 4.60. The number of carbonyl (C=O) groups is 2. The van der Waals surface area contributed by atoms with Crippen LogP contribution in [0.15, 0.2) is 42.7 Å². The van der Waals surface area contributed by atoms with E-state index in [0.29, 0.717) is 17.6 Å². The van der Waals surface area contributed by atoms with Crippen molar-refractivity contribution in [2.45, 2.75) is 31.5 Å². The molecule has 0 spiro atoms. The molecule has 2 heterocycles. The van der Waals surface area contributed by atoms with Gasteiger partial charge >= 0.3 is 5.97 Å². The second kappa shape index (κ2) is 9.14. The van der Waals surface area contributed by atoms with Crippen LogP contribution >= 0.6 is 0 Å². The number of carboxylic acid groups (broad SMARTS) is 1. The largest absolute Gasteiger partial charge is 0.481 e. The van der Waals surface area contributed by atoms with Crippen LogP contribution in [0.3, 0.4) is 0 Å². The zero-order valence-corrected chi connectivity index (χ0v) is 15.4. The number of benzene rings is 1. The average molecular weight is 384 g/mol. The highest BCUT2D eigenvalue weighted by molar-refractivity contribution is 5.94. The summed E-state index contributed by atoms with van der Waals surface area (Å²) >= 11 is 0. The maximum Gasteiger partial charge on any atom is 0.306 e. The SMILES string of the molecule is NC(CC(=O)O)NC(=O)c1ccc(N2CCC(Nc3ncccn3)CC2)cc1. The van der Waals surface area contributed by atoms with Crippen LogP contribution in [0.2, 0.25) is 0 Å². The first-order valence-electron chi connectivity index (χ1n) is 9.18. The van der Waals surface area contributed by atoms with Gasteiger partial charge < -0.3 is 26.4 Å². The summed E-state index contributed by atoms with van der Waals surface area (Å²) in [6.45, 7) is 1.78. The second-order valence-corrected chi connectivity index (χ2v) is 6.70. The molecule has 28 heavy (non-hydrogen) atoms. The molecule has 0 aliphatic carbocycles. The second-order valence-electron chi connectivity index (χ2n) is 6.70. The molecule has 2 aromatic rings. The van der Waals surface area contributed by atoms with E-state index >= 15 is 0 Å². The predicted octanol–water partition coefficient (Wildman–Crippen LogP) is 1.05. The van der Waals surface area contributed by atoms with Crippen molar-refractivity contribution in [1.29, 1.82) is 0 Å². The van der Waals surface area contributed by atoms with Crippen molar-refractivity contribution in [1.82, 2.24) is 15.3 Å². The summed E-state index contributed by atoms with van der Waals surface area (Å²) < 4.78 is 0. The number of hydrogen-bond acceptors (Lipinski definition) is 7. The zero-order valence-electron chi connectivity index (χ0n) is 15.4. The van der Waals surface area contributed by atoms with Gasteiger partial charge in [0.1, 0.15) is 0 Å². The van der Waals surface area contributed by atoms with Crippen molar-refractivity contribution in [3.05, 3.63) is 48.3 Å². The van der Waals surface area contributed by atoms with Crippen molar-refractivity contribution in [2.75, 3.05) is 23.3 Å². The zero-order chi connectivity index (χ0) is 19.9. The summed E-state index contributed by atoms with van der Waals surface area (Å²) in [7, 11) is 0. The number of carboxylic acids is 1. The maximum atomic E-state index is 12.1. The minimum Gasteiger partial charge on any atom is -0.481 e. The van der Waals surface area contributed by atoms with E-state index in [-0.39, 0.29) is 12.3 Å². The standard InChI is InChI=1S/C19H24N6O3/c20-16(12-17(26)27)24-18(28)13-2-4-15(5-3-13)25-10-6-14(7-11-25)23-19-21-8-1-9-22-19/h1-5,8-9,14,16H,6-7,10-12,20H2,(H,24,28)(H,26,27)(H,21,22,23). The van der Waals surface area contributed by atoms with Gasteiger partial charge in [-0.2, -0.15) is 0 Å². The Kier molecular flexibility index (Phi) is 6.38. The highest BCUT2D eigenvalue weighted by Gasteiger charge is 2.20. The quantitative estimate of drug-likeness (QED) is 0.521. The lowest BCUT2D eigenvalue weighted by atomic mass is 10.0. The lowest BCUT2D eigenvalue weighted by Gasteiger charge is -2.34. The smallest absolute Gasteiger partial charge is 0.306 e. The summed E-state index contributed by atoms with van der Waals surface area (Å²) in [6.07, 6.45) is 4.13. The van der Waals surface area contributed by atoms with E-state index in [1.165, 1.54) is 0 Å². The molecule has 3 rings (SSSR count). The number of nitrogens with zero attached hydrogens (tertiary/aromatic N) is 3. The molecular formula is C19H24N6O3. The van der Waals surface area contributed by atoms with Crippen molar-refractivity contribution in [3.63, 3.8) is 0 Å². The first-order valence-corrected chi connectivity index (χ1v) is 9.18. The minimum absolute atomic E-state index is 0.319. The van der Waals surface area contributed by atoms with E-state index in [0.717, 1.165) is 31.6 Å². The Hall–Kier alpha value is -3.20. The molecule has 148 valence electrons. The van der Waals surface area contributed by atoms with E-state index in [4.69, 9.17) is 10.8 Å². The van der Waals surface area contributed by atoms with E-state index in [9.17, 15) is 9.59 Å². The number of aromatic nitrogens is 2. The third kappa shape index (κ3) is 5.40. The van der Waals surface area contributed by atoms with Crippen LogP contribution in [-0.4, -0.2) is 52.2 Å². The van der Waals surface area contributed by atoms with Gasteiger partial charge in [-0.05, 0) is 43.2 Å². The van der Waals surface area contributed by atoms with Gasteiger partial charge in [-0.3, -0.25) is 9.59 Å². The number of nitrogens with one attached hydrogen (secondary N) is 2. The number of nitrogens with two attached hydrogens (primary N) is 1. The number of carbonyl (C=O) groups excluding carboxylic acids is 1. The molecule has 1 fully saturated rings. The fraction of sp³-hybridized carbons (Fsp3) is 0.368. The molecule has 1 aromatic heterocycles. The molecule has 1 atom stereocenters. The average Bonchev–Trinajstić information content (AvgIpc) is 2.69. The molecule has 1 aliphatic rings. The number of piperidine rings is 1. The van der Waals surface area contributed by atoms with E-state index < -0.39 is 12.1 Å². The normalized spacial score (nSPS) is 15.7. The van der Waals surface area contributed by atoms with Gasteiger partial charge in [0.15, 0.2) is 0 Å². The summed E-state index contributed by atoms with van der Waals surface area (Å²) in [5.74, 6) is -0.789. The summed E-state index contributed by atoms with van der Waals surface area (Å²) in [6, 6.07) is 9.36. The molecular weight excluding hydrogens is 360 g/mol. The molecule has 5 N–H and O–H groups in total. The molecule has 0 saturated carbocycles. The Morgan fingerprint density at radius 1 is 1.18 bits per heavy atom. The Labute approximate surface area is 163 Å². The van der Waals surface area contributed by atoms with Gasteiger partial charge in [-0.1, -0.05) is 0 Å². The van der Waals surface area contributed by atoms with Crippen molar-refractivity contribution >= 4 is 23.5 Å². The van der Waals surface area contributed by atoms with Crippen LogP contribution < -0.4 is 21.3 Å². The van der Waals surface area contributed by atoms with Gasteiger partial charge in [-0.15, -0.1) is 0 Å². The Bertz CT molecular complexity index is 791. The molecule has 1 saturated heterocycles. The van der Waals surface area contributed by atoms with Gasteiger partial charge in [0.25, 0.3) is 5.91 Å². The lowest BCUT2D eigenvalue weighted by molar-refractivity contribution is -0.137. The van der Waals surface area contributed by atoms with Gasteiger partial charge in [0.2, 0.25) is 5.95 Å². The number of aliphatic carboxylic acids is 1. The van der Waals surface area contributed by atoms with Crippen molar-refractivity contribution in [3.8, 4) is 0 Å². The summed E-state index contributed by atoms with van der Waals surface area (Å²) in [5, 5.41) is 14.5. The predicted molar refractivity (Wildman–Crippen MR) is 105 cm³/mol. The fourth-order valence-electron chi connectivity index (χ4n) is 3.15. The number of amides is 1. The van der Waals surface area contributed by atoms with Crippen LogP contribution in [0.1, 0.15) is 29.6 Å². The Morgan fingerprint density at radius 2 is 1.82 bits per heavy atom. The van der Waals surface area contributed by atoms with Crippen LogP contribution in [0, 0.1) is 0 Å². The van der Waals surface area contributed by atoms with Gasteiger partial charge in [0.05, 0.1) is 12.6 Å². The molecule has 1 aromatic carbocycles. The van der Waals surface area contributed by atoms with Crippen molar-refractivity contribution in [2.24, 2.45) is 5.73 Å². The van der Waals surface area contributed by atoms with Gasteiger partial charge in [-0.25, -0.2) is 9.97 Å². The maximum absolute atomic E-state index is 12.1. The fourth-order valence-corrected chi connectivity index (χ4v) is 3.15. The highest BCUT2D eigenvalue weighted by Crippen LogP contribution is 2.22. The number of anilines is 2. The summed E-state index contributed by atoms with van der Waals surface area (Å²) in [5.41, 5.74) is 7.08. The van der Waals surface area contributed by atoms with Crippen LogP contribution in [0.5, 0.6) is 0 Å². The van der Waals surface area contributed by atoms with Crippen LogP contribution in [0.25, 0.3) is 0 Å². The highest BCUT2D eigenvalue weighted by atomic mass is 16.4. The van der Waals surface area contributed by atoms with E-state index in [2.05, 4.69) is 25.5 Å². The molecule has 9 nitrogen and oxygen atoms in total. The van der Waals surface area contributed by atoms with Crippen LogP contribution in [-0.2, 0) is 4.79 Å². The molecule has 0 bridgehead atoms. The van der Waals surface area contributed by atoms with E-state index in [1.54, 1.807) is 30.6 Å². The molecule has 1 aliphatic heterocycles. The Balaban J connectivity index is 1.50. The number of rotatable bonds is 7. The third-order valence-corrected chi connectivity index (χ3v) is 4.60. The first-order chi connectivity index (χ1) is 13.5. The lowest BCUT2D eigenvalue weighted by Crippen LogP contribution is -2.43.